The predicted molar refractivity (Wildman–Crippen MR) is 159 cm³/mol. The molecule has 4 aliphatic carbocycles. The van der Waals surface area contributed by atoms with Gasteiger partial charge in [-0.15, -0.1) is 0 Å². The van der Waals surface area contributed by atoms with Gasteiger partial charge >= 0.3 is 7.12 Å². The van der Waals surface area contributed by atoms with E-state index >= 15 is 0 Å². The maximum atomic E-state index is 13.1. The summed E-state index contributed by atoms with van der Waals surface area (Å²) in [5.41, 5.74) is -0.128. The maximum absolute atomic E-state index is 13.1. The van der Waals surface area contributed by atoms with Gasteiger partial charge in [0.05, 0.1) is 21.0 Å². The lowest BCUT2D eigenvalue weighted by Crippen LogP contribution is -2.49. The SMILES string of the molecule is CC1(C)OB(c2ccc(C(=O)NS(=O)(=O)c3ccc(NCC45CC6CC(CC(C6)C4)C5)c([N+](=O)[O-])c3)cc2)OC1(C)C. The van der Waals surface area contributed by atoms with Crippen molar-refractivity contribution < 1.29 is 27.4 Å². The van der Waals surface area contributed by atoms with E-state index in [0.29, 0.717) is 17.7 Å². The fourth-order valence-corrected chi connectivity index (χ4v) is 8.77. The fraction of sp³-hybridized carbons (Fsp3) is 0.567. The molecule has 0 atom stereocenters. The second kappa shape index (κ2) is 10.1. The number of hydrogen-bond donors (Lipinski definition) is 2. The van der Waals surface area contributed by atoms with Crippen LogP contribution in [-0.4, -0.2) is 44.1 Å². The molecule has 4 bridgehead atoms. The molecule has 0 spiro atoms. The Balaban J connectivity index is 1.14. The molecule has 5 aliphatic rings. The summed E-state index contributed by atoms with van der Waals surface area (Å²) in [6, 6.07) is 10.0. The number of rotatable bonds is 8. The number of nitro benzene ring substituents is 1. The van der Waals surface area contributed by atoms with E-state index in [4.69, 9.17) is 9.31 Å². The van der Waals surface area contributed by atoms with Crippen molar-refractivity contribution in [3.05, 3.63) is 58.1 Å². The van der Waals surface area contributed by atoms with Gasteiger partial charge in [-0.2, -0.15) is 0 Å². The van der Waals surface area contributed by atoms with Crippen LogP contribution in [0.5, 0.6) is 0 Å². The molecular weight excluding hydrogens is 557 g/mol. The molecule has 1 amide bonds. The van der Waals surface area contributed by atoms with Crippen molar-refractivity contribution in [2.75, 3.05) is 11.9 Å². The summed E-state index contributed by atoms with van der Waals surface area (Å²) in [6.07, 6.45) is 7.37. The van der Waals surface area contributed by atoms with E-state index in [1.165, 1.54) is 43.5 Å². The van der Waals surface area contributed by atoms with Crippen LogP contribution >= 0.6 is 0 Å². The molecule has 4 saturated carbocycles. The number of hydrogen-bond acceptors (Lipinski definition) is 8. The Labute approximate surface area is 247 Å². The van der Waals surface area contributed by atoms with Crippen LogP contribution in [0.2, 0.25) is 0 Å². The van der Waals surface area contributed by atoms with E-state index in [2.05, 4.69) is 5.32 Å². The highest BCUT2D eigenvalue weighted by atomic mass is 32.2. The highest BCUT2D eigenvalue weighted by molar-refractivity contribution is 7.90. The average molecular weight is 596 g/mol. The third-order valence-electron chi connectivity index (χ3n) is 10.2. The summed E-state index contributed by atoms with van der Waals surface area (Å²) in [7, 11) is -4.99. The number of nitrogens with zero attached hydrogens (tertiary/aromatic N) is 1. The average Bonchev–Trinajstić information content (AvgIpc) is 3.12. The van der Waals surface area contributed by atoms with Crippen molar-refractivity contribution >= 4 is 39.9 Å². The zero-order chi connectivity index (χ0) is 30.1. The van der Waals surface area contributed by atoms with Crippen molar-refractivity contribution in [2.24, 2.45) is 23.2 Å². The van der Waals surface area contributed by atoms with Crippen LogP contribution in [0, 0.1) is 33.3 Å². The number of carbonyl (C=O) groups excluding carboxylic acids is 1. The number of nitrogens with one attached hydrogen (secondary N) is 2. The first-order chi connectivity index (χ1) is 19.7. The van der Waals surface area contributed by atoms with E-state index in [0.717, 1.165) is 43.1 Å². The summed E-state index contributed by atoms with van der Waals surface area (Å²) < 4.78 is 40.3. The minimum absolute atomic E-state index is 0.113. The Morgan fingerprint density at radius 3 is 2.02 bits per heavy atom. The normalized spacial score (nSPS) is 29.0. The lowest BCUT2D eigenvalue weighted by molar-refractivity contribution is -0.384. The lowest BCUT2D eigenvalue weighted by Gasteiger charge is -2.57. The quantitative estimate of drug-likeness (QED) is 0.256. The largest absolute Gasteiger partial charge is 0.494 e. The molecule has 12 heteroatoms. The molecule has 42 heavy (non-hydrogen) atoms. The predicted octanol–water partition coefficient (Wildman–Crippen LogP) is 4.64. The Morgan fingerprint density at radius 1 is 0.952 bits per heavy atom. The van der Waals surface area contributed by atoms with Crippen LogP contribution in [0.1, 0.15) is 76.6 Å². The highest BCUT2D eigenvalue weighted by Gasteiger charge is 2.52. The molecule has 2 aromatic carbocycles. The van der Waals surface area contributed by atoms with Crippen LogP contribution in [0.4, 0.5) is 11.4 Å². The van der Waals surface area contributed by atoms with Crippen molar-refractivity contribution in [2.45, 2.75) is 82.3 Å². The van der Waals surface area contributed by atoms with E-state index in [1.807, 2.05) is 32.4 Å². The van der Waals surface area contributed by atoms with Crippen LogP contribution < -0.4 is 15.5 Å². The molecule has 2 N–H and O–H groups in total. The molecule has 1 aliphatic heterocycles. The molecule has 0 aromatic heterocycles. The van der Waals surface area contributed by atoms with Gasteiger partial charge < -0.3 is 14.6 Å². The maximum Gasteiger partial charge on any atom is 0.494 e. The van der Waals surface area contributed by atoms with Gasteiger partial charge in [0.2, 0.25) is 0 Å². The molecule has 5 fully saturated rings. The van der Waals surface area contributed by atoms with Gasteiger partial charge in [0.25, 0.3) is 21.6 Å². The molecule has 1 saturated heterocycles. The van der Waals surface area contributed by atoms with Gasteiger partial charge in [-0.05, 0) is 119 Å². The first-order valence-corrected chi connectivity index (χ1v) is 16.2. The standard InChI is InChI=1S/C30H38BN3O7S/c1-28(2)29(3,4)41-31(40-28)23-7-5-22(6-8-23)27(35)33-42(38,39)24-9-10-25(26(14-24)34(36)37)32-18-30-15-19-11-20(16-30)13-21(12-19)17-30/h5-10,14,19-21,32H,11-13,15-18H2,1-4H3,(H,33,35). The number of anilines is 1. The Morgan fingerprint density at radius 2 is 1.50 bits per heavy atom. The van der Waals surface area contributed by atoms with Gasteiger partial charge in [-0.1, -0.05) is 12.1 Å². The minimum Gasteiger partial charge on any atom is -0.399 e. The van der Waals surface area contributed by atoms with E-state index in [-0.39, 0.29) is 21.6 Å². The number of amides is 1. The molecule has 2 aromatic rings. The zero-order valence-electron chi connectivity index (χ0n) is 24.5. The monoisotopic (exact) mass is 595 g/mol. The Kier molecular flexibility index (Phi) is 6.98. The first kappa shape index (κ1) is 29.1. The second-order valence-corrected chi connectivity index (χ2v) is 15.5. The van der Waals surface area contributed by atoms with Gasteiger partial charge in [0, 0.05) is 18.2 Å². The van der Waals surface area contributed by atoms with Crippen LogP contribution in [0.25, 0.3) is 0 Å². The Hall–Kier alpha value is -2.96. The summed E-state index contributed by atoms with van der Waals surface area (Å²) in [6.45, 7) is 8.40. The molecule has 10 nitrogen and oxygen atoms in total. The second-order valence-electron chi connectivity index (χ2n) is 13.9. The summed E-state index contributed by atoms with van der Waals surface area (Å²) >= 11 is 0. The number of nitro groups is 1. The van der Waals surface area contributed by atoms with Crippen molar-refractivity contribution in [1.29, 1.82) is 0 Å². The van der Waals surface area contributed by atoms with Gasteiger partial charge in [0.15, 0.2) is 0 Å². The topological polar surface area (TPSA) is 137 Å². The summed E-state index contributed by atoms with van der Waals surface area (Å²) in [4.78, 5) is 23.9. The summed E-state index contributed by atoms with van der Waals surface area (Å²) in [5, 5.41) is 15.2. The number of carbonyl (C=O) groups is 1. The van der Waals surface area contributed by atoms with Crippen molar-refractivity contribution in [1.82, 2.24) is 4.72 Å². The molecular formula is C30H38BN3O7S. The van der Waals surface area contributed by atoms with Crippen molar-refractivity contribution in [3.8, 4) is 0 Å². The molecule has 224 valence electrons. The first-order valence-electron chi connectivity index (χ1n) is 14.7. The fourth-order valence-electron chi connectivity index (χ4n) is 7.78. The molecule has 0 unspecified atom stereocenters. The minimum atomic E-state index is -4.37. The summed E-state index contributed by atoms with van der Waals surface area (Å²) in [5.74, 6) is 1.42. The lowest BCUT2D eigenvalue weighted by atomic mass is 9.49. The van der Waals surface area contributed by atoms with E-state index in [9.17, 15) is 23.3 Å². The van der Waals surface area contributed by atoms with Crippen LogP contribution in [0.15, 0.2) is 47.4 Å². The van der Waals surface area contributed by atoms with Gasteiger partial charge in [0.1, 0.15) is 5.69 Å². The smallest absolute Gasteiger partial charge is 0.399 e. The van der Waals surface area contributed by atoms with Crippen LogP contribution in [-0.2, 0) is 19.3 Å². The molecule has 1 heterocycles. The Bertz CT molecular complexity index is 1470. The third kappa shape index (κ3) is 5.33. The zero-order valence-corrected chi connectivity index (χ0v) is 25.3. The third-order valence-corrected chi connectivity index (χ3v) is 11.5. The van der Waals surface area contributed by atoms with Gasteiger partial charge in [-0.25, -0.2) is 13.1 Å². The van der Waals surface area contributed by atoms with Gasteiger partial charge in [-0.3, -0.25) is 14.9 Å². The highest BCUT2D eigenvalue weighted by Crippen LogP contribution is 2.60. The van der Waals surface area contributed by atoms with Crippen molar-refractivity contribution in [3.63, 3.8) is 0 Å². The van der Waals surface area contributed by atoms with E-state index in [1.54, 1.807) is 12.1 Å². The van der Waals surface area contributed by atoms with Crippen LogP contribution in [0.3, 0.4) is 0 Å². The van der Waals surface area contributed by atoms with E-state index < -0.39 is 39.2 Å². The molecule has 0 radical (unpaired) electrons. The molecule has 7 rings (SSSR count). The number of benzene rings is 2. The number of sulfonamides is 1.